The molecule has 2 aromatic carbocycles. The summed E-state index contributed by atoms with van der Waals surface area (Å²) in [6.45, 7) is 6.06. The van der Waals surface area contributed by atoms with Gasteiger partial charge in [-0.1, -0.05) is 73.9 Å². The van der Waals surface area contributed by atoms with Gasteiger partial charge in [-0.25, -0.2) is 15.2 Å². The minimum atomic E-state index is -1.33. The highest BCUT2D eigenvalue weighted by Crippen LogP contribution is 2.23. The van der Waals surface area contributed by atoms with Crippen molar-refractivity contribution in [1.82, 2.24) is 31.4 Å². The molecule has 7 N–H and O–H groups in total. The molecule has 1 aliphatic rings. The molecule has 0 aliphatic heterocycles. The third kappa shape index (κ3) is 11.3. The molecule has 4 rings (SSSR count). The van der Waals surface area contributed by atoms with Gasteiger partial charge in [0.15, 0.2) is 0 Å². The number of rotatable bonds is 14. The first-order chi connectivity index (χ1) is 22.9. The Bertz CT molecular complexity index is 1540. The molecule has 0 spiro atoms. The molecular weight excluding hydrogens is 610 g/mol. The van der Waals surface area contributed by atoms with E-state index in [2.05, 4.69) is 26.4 Å². The SMILES string of the molecule is CC(C)(C)NC(=O)N(C[C@H](O)[C@H](Cc1ccccc1)NC(=O)[C@H](CC(N)=O)NC(=O)c1ccc2ccccc2n1)NCC1CCCCC1. The third-order valence-electron chi connectivity index (χ3n) is 8.34. The Kier molecular flexibility index (Phi) is 12.9. The monoisotopic (exact) mass is 659 g/mol. The standard InChI is InChI=1S/C36H49N7O5/c1-36(2,3)42-35(48)43(38-22-25-14-8-5-9-15-25)23-31(44)29(20-24-12-6-4-7-13-24)40-34(47)30(21-32(37)45)41-33(46)28-19-18-26-16-10-11-17-27(26)39-28/h4,6-7,10-13,16-19,25,29-31,38,44H,5,8-9,14-15,20-23H2,1-3H3,(H2,37,45)(H,40,47)(H,41,46)(H,42,48)/t29-,30-,31-/m0/s1. The molecule has 1 fully saturated rings. The van der Waals surface area contributed by atoms with Gasteiger partial charge >= 0.3 is 6.03 Å². The fourth-order valence-corrected chi connectivity index (χ4v) is 5.82. The fourth-order valence-electron chi connectivity index (χ4n) is 5.82. The molecule has 1 aliphatic carbocycles. The van der Waals surface area contributed by atoms with E-state index in [0.29, 0.717) is 18.0 Å². The third-order valence-corrected chi connectivity index (χ3v) is 8.34. The summed E-state index contributed by atoms with van der Waals surface area (Å²) in [7, 11) is 0. The first-order valence-corrected chi connectivity index (χ1v) is 16.7. The number of hydrogen-bond donors (Lipinski definition) is 6. The van der Waals surface area contributed by atoms with Gasteiger partial charge in [0.2, 0.25) is 11.8 Å². The lowest BCUT2D eigenvalue weighted by atomic mass is 9.89. The summed E-state index contributed by atoms with van der Waals surface area (Å²) in [4.78, 5) is 56.7. The van der Waals surface area contributed by atoms with Crippen LogP contribution in [0.4, 0.5) is 4.79 Å². The normalized spacial score (nSPS) is 15.6. The zero-order valence-corrected chi connectivity index (χ0v) is 28.1. The summed E-state index contributed by atoms with van der Waals surface area (Å²) in [6.07, 6.45) is 4.16. The van der Waals surface area contributed by atoms with Crippen LogP contribution < -0.4 is 27.1 Å². The molecule has 1 saturated carbocycles. The second-order valence-corrected chi connectivity index (χ2v) is 13.6. The number of nitrogens with one attached hydrogen (secondary N) is 4. The lowest BCUT2D eigenvalue weighted by Gasteiger charge is -2.34. The number of aliphatic hydroxyl groups is 1. The van der Waals surface area contributed by atoms with E-state index < -0.39 is 53.9 Å². The van der Waals surface area contributed by atoms with Crippen LogP contribution in [0.15, 0.2) is 66.7 Å². The molecule has 1 heterocycles. The van der Waals surface area contributed by atoms with E-state index in [9.17, 15) is 24.3 Å². The smallest absolute Gasteiger partial charge is 0.332 e. The summed E-state index contributed by atoms with van der Waals surface area (Å²) >= 11 is 0. The number of nitrogens with two attached hydrogens (primary N) is 1. The largest absolute Gasteiger partial charge is 0.389 e. The van der Waals surface area contributed by atoms with Crippen LogP contribution in [-0.4, -0.2) is 75.7 Å². The van der Waals surface area contributed by atoms with Gasteiger partial charge in [-0.3, -0.25) is 19.4 Å². The van der Waals surface area contributed by atoms with Crippen molar-refractivity contribution >= 4 is 34.7 Å². The zero-order valence-electron chi connectivity index (χ0n) is 28.1. The molecule has 3 atom stereocenters. The summed E-state index contributed by atoms with van der Waals surface area (Å²) in [6, 6.07) is 17.2. The number of pyridine rings is 1. The Morgan fingerprint density at radius 2 is 1.62 bits per heavy atom. The molecule has 0 radical (unpaired) electrons. The van der Waals surface area contributed by atoms with Gasteiger partial charge in [0.1, 0.15) is 11.7 Å². The highest BCUT2D eigenvalue weighted by Gasteiger charge is 2.32. The summed E-state index contributed by atoms with van der Waals surface area (Å²) < 4.78 is 0. The Balaban J connectivity index is 1.53. The number of aliphatic hydroxyl groups excluding tert-OH is 1. The van der Waals surface area contributed by atoms with Crippen molar-refractivity contribution in [2.45, 2.75) is 89.4 Å². The zero-order chi connectivity index (χ0) is 34.7. The second kappa shape index (κ2) is 17.0. The lowest BCUT2D eigenvalue weighted by molar-refractivity contribution is -0.128. The Hall–Kier alpha value is -4.55. The maximum absolute atomic E-state index is 13.7. The number of carbonyl (C=O) groups is 4. The lowest BCUT2D eigenvalue weighted by Crippen LogP contribution is -2.60. The molecule has 5 amide bonds. The second-order valence-electron chi connectivity index (χ2n) is 13.6. The summed E-state index contributed by atoms with van der Waals surface area (Å²) in [5, 5.41) is 22.2. The number of carbonyl (C=O) groups excluding carboxylic acids is 4. The fraction of sp³-hybridized carbons (Fsp3) is 0.472. The number of urea groups is 1. The van der Waals surface area contributed by atoms with Crippen LogP contribution in [0.25, 0.3) is 10.9 Å². The molecule has 1 aromatic heterocycles. The van der Waals surface area contributed by atoms with E-state index in [0.717, 1.165) is 36.6 Å². The van der Waals surface area contributed by atoms with E-state index in [1.165, 1.54) is 17.5 Å². The van der Waals surface area contributed by atoms with Gasteiger partial charge in [0, 0.05) is 17.5 Å². The quantitative estimate of drug-likeness (QED) is 0.144. The number of fused-ring (bicyclic) bond motifs is 1. The predicted molar refractivity (Wildman–Crippen MR) is 184 cm³/mol. The molecule has 0 unspecified atom stereocenters. The molecular formula is C36H49N7O5. The Morgan fingerprint density at radius 3 is 2.31 bits per heavy atom. The molecule has 0 bridgehead atoms. The van der Waals surface area contributed by atoms with Crippen molar-refractivity contribution in [2.75, 3.05) is 13.1 Å². The first kappa shape index (κ1) is 36.3. The van der Waals surface area contributed by atoms with Gasteiger partial charge in [-0.15, -0.1) is 0 Å². The number of hydrogen-bond acceptors (Lipinski definition) is 7. The number of benzene rings is 2. The van der Waals surface area contributed by atoms with Crippen LogP contribution in [-0.2, 0) is 16.0 Å². The van der Waals surface area contributed by atoms with Crippen molar-refractivity contribution in [3.05, 3.63) is 78.0 Å². The number of aromatic nitrogens is 1. The summed E-state index contributed by atoms with van der Waals surface area (Å²) in [5.41, 5.74) is 9.71. The van der Waals surface area contributed by atoms with Crippen molar-refractivity contribution < 1.29 is 24.3 Å². The molecule has 0 saturated heterocycles. The van der Waals surface area contributed by atoms with Crippen LogP contribution in [0.5, 0.6) is 0 Å². The molecule has 12 heteroatoms. The average molecular weight is 660 g/mol. The predicted octanol–water partition coefficient (Wildman–Crippen LogP) is 3.19. The van der Waals surface area contributed by atoms with Gasteiger partial charge in [0.05, 0.1) is 30.6 Å². The average Bonchev–Trinajstić information content (AvgIpc) is 3.05. The van der Waals surface area contributed by atoms with Gasteiger partial charge in [-0.05, 0) is 63.6 Å². The minimum Gasteiger partial charge on any atom is -0.389 e. The molecule has 48 heavy (non-hydrogen) atoms. The first-order valence-electron chi connectivity index (χ1n) is 16.7. The van der Waals surface area contributed by atoms with Gasteiger partial charge < -0.3 is 26.8 Å². The Morgan fingerprint density at radius 1 is 0.938 bits per heavy atom. The van der Waals surface area contributed by atoms with Crippen molar-refractivity contribution in [3.8, 4) is 0 Å². The molecule has 3 aromatic rings. The van der Waals surface area contributed by atoms with E-state index in [1.54, 1.807) is 18.2 Å². The summed E-state index contributed by atoms with van der Waals surface area (Å²) in [5.74, 6) is -1.74. The number of hydrazine groups is 1. The maximum Gasteiger partial charge on any atom is 0.332 e. The number of nitrogens with zero attached hydrogens (tertiary/aromatic N) is 2. The van der Waals surface area contributed by atoms with Crippen LogP contribution in [0.1, 0.15) is 75.3 Å². The maximum atomic E-state index is 13.7. The van der Waals surface area contributed by atoms with Crippen LogP contribution in [0.2, 0.25) is 0 Å². The van der Waals surface area contributed by atoms with Crippen LogP contribution >= 0.6 is 0 Å². The van der Waals surface area contributed by atoms with Crippen LogP contribution in [0, 0.1) is 5.92 Å². The van der Waals surface area contributed by atoms with E-state index in [4.69, 9.17) is 5.73 Å². The number of primary amides is 1. The Labute approximate surface area is 282 Å². The van der Waals surface area contributed by atoms with Crippen molar-refractivity contribution in [1.29, 1.82) is 0 Å². The number of amides is 5. The van der Waals surface area contributed by atoms with E-state index >= 15 is 0 Å². The van der Waals surface area contributed by atoms with Crippen molar-refractivity contribution in [2.24, 2.45) is 11.7 Å². The minimum absolute atomic E-state index is 0.0707. The topological polar surface area (TPSA) is 179 Å². The van der Waals surface area contributed by atoms with Crippen molar-refractivity contribution in [3.63, 3.8) is 0 Å². The highest BCUT2D eigenvalue weighted by molar-refractivity contribution is 5.99. The molecule has 12 nitrogen and oxygen atoms in total. The van der Waals surface area contributed by atoms with Gasteiger partial charge in [0.25, 0.3) is 5.91 Å². The number of para-hydroxylation sites is 1. The van der Waals surface area contributed by atoms with Crippen LogP contribution in [0.3, 0.4) is 0 Å². The molecule has 258 valence electrons. The van der Waals surface area contributed by atoms with E-state index in [1.807, 2.05) is 63.2 Å². The van der Waals surface area contributed by atoms with E-state index in [-0.39, 0.29) is 18.7 Å². The van der Waals surface area contributed by atoms with Gasteiger partial charge in [-0.2, -0.15) is 0 Å². The highest BCUT2D eigenvalue weighted by atomic mass is 16.3.